The van der Waals surface area contributed by atoms with E-state index in [-0.39, 0.29) is 0 Å². The van der Waals surface area contributed by atoms with Gasteiger partial charge in [0.1, 0.15) is 0 Å². The molecule has 2 rings (SSSR count). The Bertz CT molecular complexity index is 141. The summed E-state index contributed by atoms with van der Waals surface area (Å²) < 4.78 is 0. The molecule has 0 heterocycles. The number of thioether (sulfide) groups is 1. The van der Waals surface area contributed by atoms with Crippen LogP contribution in [0.4, 0.5) is 0 Å². The van der Waals surface area contributed by atoms with E-state index >= 15 is 0 Å². The van der Waals surface area contributed by atoms with E-state index < -0.39 is 0 Å². The van der Waals surface area contributed by atoms with Crippen LogP contribution in [0, 0.1) is 23.7 Å². The molecule has 2 aliphatic rings. The lowest BCUT2D eigenvalue weighted by atomic mass is 10.1. The molecule has 0 amide bonds. The minimum absolute atomic E-state index is 0.997. The van der Waals surface area contributed by atoms with Gasteiger partial charge in [-0.15, -0.1) is 0 Å². The molecule has 0 aromatic heterocycles. The van der Waals surface area contributed by atoms with E-state index in [9.17, 15) is 0 Å². The molecule has 0 N–H and O–H groups in total. The molecule has 2 aliphatic carbocycles. The molecule has 13 heavy (non-hydrogen) atoms. The summed E-state index contributed by atoms with van der Waals surface area (Å²) in [5.74, 6) is 7.03. The number of hydrogen-bond donors (Lipinski definition) is 0. The first-order chi connectivity index (χ1) is 6.27. The lowest BCUT2D eigenvalue weighted by Crippen LogP contribution is -2.05. The molecule has 0 aliphatic heterocycles. The molecule has 0 nitrogen and oxygen atoms in total. The molecule has 2 saturated carbocycles. The normalized spacial score (nSPS) is 27.2. The number of hydrogen-bond acceptors (Lipinski definition) is 1. The minimum atomic E-state index is 0.997. The highest BCUT2D eigenvalue weighted by Crippen LogP contribution is 2.40. The lowest BCUT2D eigenvalue weighted by molar-refractivity contribution is 0.560. The van der Waals surface area contributed by atoms with Crippen molar-refractivity contribution in [1.82, 2.24) is 0 Å². The van der Waals surface area contributed by atoms with Crippen LogP contribution >= 0.6 is 11.8 Å². The first kappa shape index (κ1) is 9.89. The molecule has 2 unspecified atom stereocenters. The Morgan fingerprint density at radius 1 is 0.923 bits per heavy atom. The fraction of sp³-hybridized carbons (Fsp3) is 1.00. The van der Waals surface area contributed by atoms with Gasteiger partial charge in [-0.2, -0.15) is 11.8 Å². The van der Waals surface area contributed by atoms with E-state index in [1.807, 2.05) is 0 Å². The van der Waals surface area contributed by atoms with Gasteiger partial charge in [-0.25, -0.2) is 0 Å². The van der Waals surface area contributed by atoms with Crippen LogP contribution in [-0.4, -0.2) is 11.5 Å². The van der Waals surface area contributed by atoms with E-state index in [0.29, 0.717) is 0 Å². The van der Waals surface area contributed by atoms with Gasteiger partial charge in [0.05, 0.1) is 0 Å². The van der Waals surface area contributed by atoms with Crippen LogP contribution in [0.1, 0.15) is 39.5 Å². The maximum atomic E-state index is 2.44. The molecule has 76 valence electrons. The fourth-order valence-corrected chi connectivity index (χ4v) is 3.47. The van der Waals surface area contributed by atoms with Crippen molar-refractivity contribution in [3.05, 3.63) is 0 Å². The summed E-state index contributed by atoms with van der Waals surface area (Å²) in [6.45, 7) is 4.87. The van der Waals surface area contributed by atoms with Crippen molar-refractivity contribution >= 4 is 11.8 Å². The topological polar surface area (TPSA) is 0 Å². The van der Waals surface area contributed by atoms with Crippen LogP contribution in [-0.2, 0) is 0 Å². The van der Waals surface area contributed by atoms with Crippen molar-refractivity contribution < 1.29 is 0 Å². The molecule has 0 spiro atoms. The molecular formula is C12H22S. The highest BCUT2D eigenvalue weighted by molar-refractivity contribution is 7.99. The third kappa shape index (κ3) is 3.19. The van der Waals surface area contributed by atoms with E-state index in [0.717, 1.165) is 23.7 Å². The number of rotatable bonds is 6. The van der Waals surface area contributed by atoms with Crippen LogP contribution in [0.15, 0.2) is 0 Å². The van der Waals surface area contributed by atoms with Gasteiger partial charge < -0.3 is 0 Å². The largest absolute Gasteiger partial charge is 0.161 e. The summed E-state index contributed by atoms with van der Waals surface area (Å²) in [5.41, 5.74) is 0. The maximum absolute atomic E-state index is 2.44. The fourth-order valence-electron chi connectivity index (χ4n) is 2.04. The smallest absolute Gasteiger partial charge is 0.00390 e. The van der Waals surface area contributed by atoms with Crippen molar-refractivity contribution in [3.63, 3.8) is 0 Å². The van der Waals surface area contributed by atoms with Crippen molar-refractivity contribution in [2.75, 3.05) is 11.5 Å². The van der Waals surface area contributed by atoms with E-state index in [4.69, 9.17) is 0 Å². The highest BCUT2D eigenvalue weighted by Gasteiger charge is 2.29. The van der Waals surface area contributed by atoms with Crippen molar-refractivity contribution in [2.45, 2.75) is 39.5 Å². The summed E-state index contributed by atoms with van der Waals surface area (Å²) in [5, 5.41) is 0. The van der Waals surface area contributed by atoms with Crippen molar-refractivity contribution in [1.29, 1.82) is 0 Å². The van der Waals surface area contributed by atoms with Gasteiger partial charge in [0.2, 0.25) is 0 Å². The average molecular weight is 198 g/mol. The van der Waals surface area contributed by atoms with E-state index in [1.165, 1.54) is 37.2 Å². The van der Waals surface area contributed by atoms with Gasteiger partial charge in [-0.3, -0.25) is 0 Å². The van der Waals surface area contributed by atoms with Crippen LogP contribution in [0.5, 0.6) is 0 Å². The van der Waals surface area contributed by atoms with Crippen LogP contribution in [0.25, 0.3) is 0 Å². The molecule has 0 bridgehead atoms. The van der Waals surface area contributed by atoms with Crippen molar-refractivity contribution in [2.24, 2.45) is 23.7 Å². The van der Waals surface area contributed by atoms with E-state index in [2.05, 4.69) is 25.6 Å². The third-order valence-corrected chi connectivity index (χ3v) is 5.14. The molecule has 2 fully saturated rings. The Hall–Kier alpha value is 0.350. The second-order valence-electron chi connectivity index (χ2n) is 5.17. The first-order valence-electron chi connectivity index (χ1n) is 5.85. The zero-order chi connectivity index (χ0) is 9.26. The Morgan fingerprint density at radius 3 is 1.62 bits per heavy atom. The molecule has 1 heteroatoms. The quantitative estimate of drug-likeness (QED) is 0.625. The summed E-state index contributed by atoms with van der Waals surface area (Å²) in [7, 11) is 0. The zero-order valence-electron chi connectivity index (χ0n) is 8.96. The van der Waals surface area contributed by atoms with Crippen LogP contribution in [0.2, 0.25) is 0 Å². The molecule has 2 atom stereocenters. The monoisotopic (exact) mass is 198 g/mol. The maximum Gasteiger partial charge on any atom is -0.00390 e. The molecule has 0 saturated heterocycles. The molecule has 0 aromatic carbocycles. The van der Waals surface area contributed by atoms with Crippen LogP contribution < -0.4 is 0 Å². The Labute approximate surface area is 86.9 Å². The summed E-state index contributed by atoms with van der Waals surface area (Å²) in [4.78, 5) is 0. The van der Waals surface area contributed by atoms with Gasteiger partial charge >= 0.3 is 0 Å². The Kier molecular flexibility index (Phi) is 3.23. The Balaban J connectivity index is 1.51. The second kappa shape index (κ2) is 4.25. The zero-order valence-corrected chi connectivity index (χ0v) is 9.78. The summed E-state index contributed by atoms with van der Waals surface area (Å²) >= 11 is 2.21. The SMILES string of the molecule is CC(CSCC(C)C1CC1)C1CC1. The standard InChI is InChI=1S/C12H22S/c1-9(11-3-4-11)7-13-8-10(2)12-5-6-12/h9-12H,3-8H2,1-2H3. The van der Waals surface area contributed by atoms with E-state index in [1.54, 1.807) is 0 Å². The lowest BCUT2D eigenvalue weighted by Gasteiger charge is -2.12. The second-order valence-corrected chi connectivity index (χ2v) is 6.24. The van der Waals surface area contributed by atoms with Crippen molar-refractivity contribution in [3.8, 4) is 0 Å². The summed E-state index contributed by atoms with van der Waals surface area (Å²) in [6.07, 6.45) is 6.06. The molecular weight excluding hydrogens is 176 g/mol. The molecule has 0 aromatic rings. The van der Waals surface area contributed by atoms with Gasteiger partial charge in [-0.1, -0.05) is 13.8 Å². The summed E-state index contributed by atoms with van der Waals surface area (Å²) in [6, 6.07) is 0. The predicted octanol–water partition coefficient (Wildman–Crippen LogP) is 3.81. The first-order valence-corrected chi connectivity index (χ1v) is 7.00. The van der Waals surface area contributed by atoms with Gasteiger partial charge in [-0.05, 0) is 60.9 Å². The van der Waals surface area contributed by atoms with Gasteiger partial charge in [0, 0.05) is 0 Å². The highest BCUT2D eigenvalue weighted by atomic mass is 32.2. The van der Waals surface area contributed by atoms with Crippen LogP contribution in [0.3, 0.4) is 0 Å². The van der Waals surface area contributed by atoms with Gasteiger partial charge in [0.15, 0.2) is 0 Å². The predicted molar refractivity (Wildman–Crippen MR) is 61.1 cm³/mol. The minimum Gasteiger partial charge on any atom is -0.161 e. The Morgan fingerprint density at radius 2 is 1.31 bits per heavy atom. The third-order valence-electron chi connectivity index (χ3n) is 3.61. The average Bonchev–Trinajstić information content (AvgIpc) is 2.95. The molecule has 0 radical (unpaired) electrons. The van der Waals surface area contributed by atoms with Gasteiger partial charge in [0.25, 0.3) is 0 Å².